The average Bonchev–Trinajstić information content (AvgIpc) is 4.01. The molecule has 3 aliphatic heterocycles. The van der Waals surface area contributed by atoms with E-state index in [0.29, 0.717) is 0 Å². The summed E-state index contributed by atoms with van der Waals surface area (Å²) in [7, 11) is 0. The van der Waals surface area contributed by atoms with Gasteiger partial charge in [0.1, 0.15) is 0 Å². The third kappa shape index (κ3) is 5.07. The Hall–Kier alpha value is -7.36. The molecule has 0 N–H and O–H groups in total. The first kappa shape index (κ1) is 42.3. The van der Waals surface area contributed by atoms with E-state index in [1.165, 1.54) is 160 Å². The second kappa shape index (κ2) is 14.0. The number of hydrogen-bond donors (Lipinski definition) is 0. The van der Waals surface area contributed by atoms with Crippen LogP contribution in [0.15, 0.2) is 152 Å². The van der Waals surface area contributed by atoms with Crippen LogP contribution in [0.3, 0.4) is 0 Å². The number of benzene rings is 9. The molecule has 0 fully saturated rings. The summed E-state index contributed by atoms with van der Waals surface area (Å²) in [5.41, 5.74) is 31.7. The average molecular weight is 927 g/mol. The molecule has 5 heterocycles. The van der Waals surface area contributed by atoms with Crippen LogP contribution in [0, 0.1) is 27.7 Å². The van der Waals surface area contributed by atoms with Crippen molar-refractivity contribution in [2.45, 2.75) is 98.3 Å². The Kier molecular flexibility index (Phi) is 8.22. The summed E-state index contributed by atoms with van der Waals surface area (Å²) in [5, 5.41) is 6.70. The standard InChI is InChI=1S/C69H59BN2/c1-11-67(7,8)45-34-50-51-35-46(68(9,10)12-2)37-57-64(51)72-63(50)55(36-45)69(53-31-40(5)21-27-48(53)49-28-22-41(6)32-54(49)69)52-29-30-58-61(65(52)72)70(57)56-33-44-15-13-14-16-47(44)60-59(42-23-17-38(3)18-24-42)62(71(58)66(56)60)43-25-19-39(4)20-26-43/h13-37H,11-12H2,1-10H3. The normalized spacial score (nSPS) is 14.4. The van der Waals surface area contributed by atoms with Gasteiger partial charge in [-0.3, -0.25) is 0 Å². The molecule has 0 atom stereocenters. The van der Waals surface area contributed by atoms with Crippen LogP contribution in [-0.4, -0.2) is 15.8 Å². The number of aromatic nitrogens is 2. The van der Waals surface area contributed by atoms with Gasteiger partial charge in [0.05, 0.1) is 22.1 Å². The second-order valence-corrected chi connectivity index (χ2v) is 23.6. The summed E-state index contributed by atoms with van der Waals surface area (Å²) in [6.07, 6.45) is 2.09. The molecule has 0 radical (unpaired) electrons. The third-order valence-electron chi connectivity index (χ3n) is 18.8. The molecule has 2 nitrogen and oxygen atoms in total. The van der Waals surface area contributed by atoms with Gasteiger partial charge in [-0.25, -0.2) is 0 Å². The Morgan fingerprint density at radius 1 is 0.472 bits per heavy atom. The lowest BCUT2D eigenvalue weighted by Crippen LogP contribution is -2.60. The van der Waals surface area contributed by atoms with Crippen LogP contribution in [0.2, 0.25) is 0 Å². The topological polar surface area (TPSA) is 9.86 Å². The number of rotatable bonds is 6. The van der Waals surface area contributed by atoms with Crippen LogP contribution < -0.4 is 16.4 Å². The lowest BCUT2D eigenvalue weighted by molar-refractivity contribution is 0.505. The van der Waals surface area contributed by atoms with Crippen LogP contribution in [0.1, 0.15) is 110 Å². The highest BCUT2D eigenvalue weighted by molar-refractivity contribution is 7.00. The van der Waals surface area contributed by atoms with Gasteiger partial charge in [-0.05, 0) is 152 Å². The molecule has 0 bridgehead atoms. The van der Waals surface area contributed by atoms with E-state index in [1.807, 2.05) is 0 Å². The summed E-state index contributed by atoms with van der Waals surface area (Å²) in [6, 6.07) is 60.8. The molecule has 9 aromatic carbocycles. The zero-order chi connectivity index (χ0) is 49.1. The van der Waals surface area contributed by atoms with Gasteiger partial charge in [-0.1, -0.05) is 197 Å². The van der Waals surface area contributed by atoms with Crippen LogP contribution in [0.25, 0.3) is 88.4 Å². The van der Waals surface area contributed by atoms with Crippen molar-refractivity contribution in [1.82, 2.24) is 9.13 Å². The minimum absolute atomic E-state index is 0.0198. The monoisotopic (exact) mass is 926 g/mol. The summed E-state index contributed by atoms with van der Waals surface area (Å²) in [4.78, 5) is 0. The zero-order valence-electron chi connectivity index (χ0n) is 43.3. The minimum atomic E-state index is -0.564. The Morgan fingerprint density at radius 2 is 1.04 bits per heavy atom. The molecule has 2 aromatic heterocycles. The van der Waals surface area contributed by atoms with Gasteiger partial charge in [0, 0.05) is 38.6 Å². The van der Waals surface area contributed by atoms with Crippen molar-refractivity contribution in [3.8, 4) is 44.9 Å². The fourth-order valence-corrected chi connectivity index (χ4v) is 14.2. The molecule has 0 saturated heterocycles. The molecule has 1 aliphatic carbocycles. The van der Waals surface area contributed by atoms with Crippen LogP contribution >= 0.6 is 0 Å². The van der Waals surface area contributed by atoms with E-state index in [1.54, 1.807) is 0 Å². The summed E-state index contributed by atoms with van der Waals surface area (Å²) >= 11 is 0. The van der Waals surface area contributed by atoms with Crippen molar-refractivity contribution in [3.05, 3.63) is 207 Å². The highest BCUT2D eigenvalue weighted by atomic mass is 15.1. The SMILES string of the molecule is CCC(C)(C)c1cc2c3c(c1)c1cc(C(C)(C)CC)cc4c1n3-c1c(ccc3c1B2c1cc2ccccc2c2c(-c5ccc(C)cc5)c(-c5ccc(C)cc5)n-3c12)C41c2cc(C)ccc2-c2ccc(C)cc21. The van der Waals surface area contributed by atoms with Crippen molar-refractivity contribution in [2.24, 2.45) is 0 Å². The van der Waals surface area contributed by atoms with Crippen molar-refractivity contribution >= 4 is 66.6 Å². The van der Waals surface area contributed by atoms with Gasteiger partial charge < -0.3 is 9.13 Å². The van der Waals surface area contributed by atoms with E-state index in [-0.39, 0.29) is 17.5 Å². The quantitative estimate of drug-likeness (QED) is 0.147. The lowest BCUT2D eigenvalue weighted by Gasteiger charge is -2.44. The fraction of sp³-hybridized carbons (Fsp3) is 0.217. The van der Waals surface area contributed by atoms with Gasteiger partial charge in [0.25, 0.3) is 6.71 Å². The van der Waals surface area contributed by atoms with Crippen LogP contribution in [0.5, 0.6) is 0 Å². The van der Waals surface area contributed by atoms with Crippen LogP contribution in [-0.2, 0) is 16.2 Å². The Labute approximate surface area is 424 Å². The summed E-state index contributed by atoms with van der Waals surface area (Å²) < 4.78 is 5.53. The molecule has 3 heteroatoms. The highest BCUT2D eigenvalue weighted by Gasteiger charge is 2.55. The van der Waals surface area contributed by atoms with E-state index in [9.17, 15) is 0 Å². The van der Waals surface area contributed by atoms with E-state index in [4.69, 9.17) is 0 Å². The maximum absolute atomic E-state index is 2.80. The molecule has 348 valence electrons. The van der Waals surface area contributed by atoms with E-state index >= 15 is 0 Å². The van der Waals surface area contributed by atoms with E-state index in [0.717, 1.165) is 12.8 Å². The molecule has 11 aromatic rings. The van der Waals surface area contributed by atoms with Crippen molar-refractivity contribution in [2.75, 3.05) is 0 Å². The molecule has 1 spiro atoms. The van der Waals surface area contributed by atoms with E-state index in [2.05, 4.69) is 230 Å². The van der Waals surface area contributed by atoms with Crippen LogP contribution in [0.4, 0.5) is 0 Å². The Balaban J connectivity index is 1.23. The third-order valence-corrected chi connectivity index (χ3v) is 18.8. The largest absolute Gasteiger partial charge is 0.310 e. The minimum Gasteiger partial charge on any atom is -0.310 e. The number of fused-ring (bicyclic) bond motifs is 13. The van der Waals surface area contributed by atoms with Gasteiger partial charge in [0.15, 0.2) is 0 Å². The smallest absolute Gasteiger partial charge is 0.252 e. The molecule has 0 saturated carbocycles. The first-order valence-electron chi connectivity index (χ1n) is 26.6. The number of nitrogens with zero attached hydrogens (tertiary/aromatic N) is 2. The molecule has 15 rings (SSSR count). The van der Waals surface area contributed by atoms with E-state index < -0.39 is 5.41 Å². The fourth-order valence-electron chi connectivity index (χ4n) is 14.2. The van der Waals surface area contributed by atoms with Gasteiger partial charge >= 0.3 is 0 Å². The predicted octanol–water partition coefficient (Wildman–Crippen LogP) is 15.6. The first-order valence-corrected chi connectivity index (χ1v) is 26.6. The Morgan fingerprint density at radius 3 is 1.68 bits per heavy atom. The summed E-state index contributed by atoms with van der Waals surface area (Å²) in [5.74, 6) is 0. The molecular weight excluding hydrogens is 868 g/mol. The zero-order valence-corrected chi connectivity index (χ0v) is 43.3. The predicted molar refractivity (Wildman–Crippen MR) is 307 cm³/mol. The second-order valence-electron chi connectivity index (χ2n) is 23.6. The van der Waals surface area contributed by atoms with Crippen molar-refractivity contribution < 1.29 is 0 Å². The summed E-state index contributed by atoms with van der Waals surface area (Å²) in [6.45, 7) is 23.6. The van der Waals surface area contributed by atoms with Crippen molar-refractivity contribution in [3.63, 3.8) is 0 Å². The molecule has 4 aliphatic rings. The Bertz CT molecular complexity index is 4210. The van der Waals surface area contributed by atoms with Crippen molar-refractivity contribution in [1.29, 1.82) is 0 Å². The highest BCUT2D eigenvalue weighted by Crippen LogP contribution is 2.63. The van der Waals surface area contributed by atoms with Gasteiger partial charge in [0.2, 0.25) is 0 Å². The molecule has 0 amide bonds. The molecular formula is C69H59BN2. The van der Waals surface area contributed by atoms with Gasteiger partial charge in [-0.15, -0.1) is 0 Å². The first-order chi connectivity index (χ1) is 34.7. The molecule has 72 heavy (non-hydrogen) atoms. The lowest BCUT2D eigenvalue weighted by atomic mass is 9.33. The number of hydrogen-bond acceptors (Lipinski definition) is 0. The maximum Gasteiger partial charge on any atom is 0.252 e. The number of aryl methyl sites for hydroxylation is 4. The van der Waals surface area contributed by atoms with Gasteiger partial charge in [-0.2, -0.15) is 0 Å². The molecule has 0 unspecified atom stereocenters. The maximum atomic E-state index is 2.80.